The Morgan fingerprint density at radius 2 is 2.05 bits per heavy atom. The first-order chi connectivity index (χ1) is 9.10. The van der Waals surface area contributed by atoms with E-state index in [2.05, 4.69) is 15.1 Å². The molecule has 1 heterocycles. The van der Waals surface area contributed by atoms with Gasteiger partial charge in [0.2, 0.25) is 0 Å². The van der Waals surface area contributed by atoms with Gasteiger partial charge < -0.3 is 10.9 Å². The highest BCUT2D eigenvalue weighted by molar-refractivity contribution is 7.99. The van der Waals surface area contributed by atoms with Crippen LogP contribution in [-0.4, -0.2) is 21.0 Å². The summed E-state index contributed by atoms with van der Waals surface area (Å²) in [4.78, 5) is 9.27. The molecule has 1 aromatic carbocycles. The van der Waals surface area contributed by atoms with Crippen molar-refractivity contribution in [3.8, 4) is 0 Å². The molecule has 0 atom stereocenters. The molecule has 98 valence electrons. The highest BCUT2D eigenvalue weighted by Gasteiger charge is 2.08. The minimum absolute atomic E-state index is 0.0202. The fraction of sp³-hybridized carbons (Fsp3) is 0.0833. The van der Waals surface area contributed by atoms with Crippen molar-refractivity contribution in [1.82, 2.24) is 9.97 Å². The first-order valence-electron chi connectivity index (χ1n) is 5.34. The Bertz CT molecular complexity index is 616. The number of aryl methyl sites for hydroxylation is 1. The molecule has 2 aromatic rings. The number of halogens is 1. The van der Waals surface area contributed by atoms with Gasteiger partial charge >= 0.3 is 0 Å². The predicted octanol–water partition coefficient (Wildman–Crippen LogP) is 2.68. The molecule has 1 aromatic heterocycles. The summed E-state index contributed by atoms with van der Waals surface area (Å²) >= 11 is 7.46. The lowest BCUT2D eigenvalue weighted by Gasteiger charge is -2.05. The number of rotatable bonds is 3. The molecule has 0 aliphatic rings. The van der Waals surface area contributed by atoms with E-state index in [1.54, 1.807) is 24.5 Å². The summed E-state index contributed by atoms with van der Waals surface area (Å²) in [5.74, 6) is -0.0202. The molecule has 0 fully saturated rings. The normalized spacial score (nSPS) is 11.6. The van der Waals surface area contributed by atoms with E-state index in [4.69, 9.17) is 22.5 Å². The third-order valence-corrected chi connectivity index (χ3v) is 3.49. The second kappa shape index (κ2) is 5.90. The fourth-order valence-corrected chi connectivity index (χ4v) is 2.44. The standard InChI is InChI=1S/C12H11ClN4OS/c1-7-5-15-12(16-6-7)19-8-2-3-9(10(13)4-8)11(14)17-18/h2-6,18H,1H3,(H2,14,17). The Kier molecular flexibility index (Phi) is 4.24. The van der Waals surface area contributed by atoms with E-state index >= 15 is 0 Å². The molecule has 5 nitrogen and oxygen atoms in total. The van der Waals surface area contributed by atoms with Crippen molar-refractivity contribution in [2.45, 2.75) is 17.0 Å². The molecule has 7 heteroatoms. The van der Waals surface area contributed by atoms with E-state index in [1.807, 2.05) is 13.0 Å². The summed E-state index contributed by atoms with van der Waals surface area (Å²) in [5.41, 5.74) is 6.99. The molecule has 0 aliphatic heterocycles. The molecule has 0 spiro atoms. The Hall–Kier alpha value is -1.79. The average molecular weight is 295 g/mol. The SMILES string of the molecule is Cc1cnc(Sc2ccc(C(N)=NO)c(Cl)c2)nc1. The number of hydrogen-bond acceptors (Lipinski definition) is 5. The summed E-state index contributed by atoms with van der Waals surface area (Å²) in [6.45, 7) is 1.93. The third-order valence-electron chi connectivity index (χ3n) is 2.29. The van der Waals surface area contributed by atoms with Crippen molar-refractivity contribution >= 4 is 29.2 Å². The van der Waals surface area contributed by atoms with Crippen molar-refractivity contribution in [1.29, 1.82) is 0 Å². The molecule has 0 unspecified atom stereocenters. The third kappa shape index (κ3) is 3.36. The summed E-state index contributed by atoms with van der Waals surface area (Å²) in [6.07, 6.45) is 3.50. The molecule has 0 aliphatic carbocycles. The molecule has 3 N–H and O–H groups in total. The number of nitrogens with zero attached hydrogens (tertiary/aromatic N) is 3. The molecule has 0 saturated carbocycles. The Morgan fingerprint density at radius 1 is 1.37 bits per heavy atom. The van der Waals surface area contributed by atoms with Gasteiger partial charge in [-0.25, -0.2) is 9.97 Å². The first kappa shape index (κ1) is 13.6. The largest absolute Gasteiger partial charge is 0.409 e. The number of oxime groups is 1. The number of amidine groups is 1. The monoisotopic (exact) mass is 294 g/mol. The molecule has 0 radical (unpaired) electrons. The first-order valence-corrected chi connectivity index (χ1v) is 6.53. The maximum atomic E-state index is 8.62. The van der Waals surface area contributed by atoms with Gasteiger partial charge in [0, 0.05) is 22.9 Å². The molecule has 19 heavy (non-hydrogen) atoms. The van der Waals surface area contributed by atoms with E-state index in [9.17, 15) is 0 Å². The van der Waals surface area contributed by atoms with Gasteiger partial charge in [-0.05, 0) is 42.4 Å². The molecular formula is C12H11ClN4OS. The van der Waals surface area contributed by atoms with Gasteiger partial charge in [0.05, 0.1) is 5.02 Å². The van der Waals surface area contributed by atoms with Crippen LogP contribution in [0.4, 0.5) is 0 Å². The van der Waals surface area contributed by atoms with Gasteiger partial charge in [0.25, 0.3) is 0 Å². The molecule has 2 rings (SSSR count). The zero-order chi connectivity index (χ0) is 13.8. The fourth-order valence-electron chi connectivity index (χ4n) is 1.36. The molecule has 0 saturated heterocycles. The van der Waals surface area contributed by atoms with Crippen LogP contribution in [0.25, 0.3) is 0 Å². The lowest BCUT2D eigenvalue weighted by Crippen LogP contribution is -2.13. The van der Waals surface area contributed by atoms with E-state index < -0.39 is 0 Å². The van der Waals surface area contributed by atoms with E-state index in [0.29, 0.717) is 15.7 Å². The average Bonchev–Trinajstić information content (AvgIpc) is 2.41. The zero-order valence-electron chi connectivity index (χ0n) is 10.0. The number of hydrogen-bond donors (Lipinski definition) is 2. The van der Waals surface area contributed by atoms with Crippen molar-refractivity contribution < 1.29 is 5.21 Å². The summed E-state index contributed by atoms with van der Waals surface area (Å²) in [6, 6.07) is 5.23. The number of nitrogens with two attached hydrogens (primary N) is 1. The van der Waals surface area contributed by atoms with Crippen molar-refractivity contribution in [2.75, 3.05) is 0 Å². The highest BCUT2D eigenvalue weighted by atomic mass is 35.5. The maximum absolute atomic E-state index is 8.62. The van der Waals surface area contributed by atoms with Gasteiger partial charge in [-0.15, -0.1) is 0 Å². The van der Waals surface area contributed by atoms with Crippen molar-refractivity contribution in [2.24, 2.45) is 10.9 Å². The minimum atomic E-state index is -0.0202. The molecule has 0 bridgehead atoms. The smallest absolute Gasteiger partial charge is 0.192 e. The zero-order valence-corrected chi connectivity index (χ0v) is 11.6. The Morgan fingerprint density at radius 3 is 2.63 bits per heavy atom. The van der Waals surface area contributed by atoms with Crippen LogP contribution < -0.4 is 5.73 Å². The lowest BCUT2D eigenvalue weighted by atomic mass is 10.2. The summed E-state index contributed by atoms with van der Waals surface area (Å²) in [7, 11) is 0. The van der Waals surface area contributed by atoms with Crippen molar-refractivity contribution in [3.63, 3.8) is 0 Å². The van der Waals surface area contributed by atoms with E-state index in [0.717, 1.165) is 10.5 Å². The van der Waals surface area contributed by atoms with Crippen LogP contribution in [0.5, 0.6) is 0 Å². The van der Waals surface area contributed by atoms with Crippen LogP contribution in [0.3, 0.4) is 0 Å². The van der Waals surface area contributed by atoms with Crippen molar-refractivity contribution in [3.05, 3.63) is 46.7 Å². The molecule has 0 amide bonds. The quantitative estimate of drug-likeness (QED) is 0.299. The van der Waals surface area contributed by atoms with E-state index in [-0.39, 0.29) is 5.84 Å². The van der Waals surface area contributed by atoms with Crippen LogP contribution in [-0.2, 0) is 0 Å². The Balaban J connectivity index is 2.23. The number of benzene rings is 1. The van der Waals surface area contributed by atoms with Crippen LogP contribution in [0.2, 0.25) is 5.02 Å². The second-order valence-electron chi connectivity index (χ2n) is 3.77. The Labute approximate surface area is 119 Å². The van der Waals surface area contributed by atoms with Crippen LogP contribution in [0.1, 0.15) is 11.1 Å². The van der Waals surface area contributed by atoms with Gasteiger partial charge in [-0.1, -0.05) is 16.8 Å². The molecular weight excluding hydrogens is 284 g/mol. The maximum Gasteiger partial charge on any atom is 0.192 e. The predicted molar refractivity (Wildman–Crippen MR) is 74.9 cm³/mol. The van der Waals surface area contributed by atoms with Crippen LogP contribution in [0, 0.1) is 6.92 Å². The number of aromatic nitrogens is 2. The second-order valence-corrected chi connectivity index (χ2v) is 5.22. The van der Waals surface area contributed by atoms with Gasteiger partial charge in [0.1, 0.15) is 0 Å². The minimum Gasteiger partial charge on any atom is -0.409 e. The topological polar surface area (TPSA) is 84.4 Å². The summed E-state index contributed by atoms with van der Waals surface area (Å²) in [5, 5.41) is 12.6. The van der Waals surface area contributed by atoms with Gasteiger partial charge in [0.15, 0.2) is 11.0 Å². The van der Waals surface area contributed by atoms with Gasteiger partial charge in [-0.3, -0.25) is 0 Å². The lowest BCUT2D eigenvalue weighted by molar-refractivity contribution is 0.318. The highest BCUT2D eigenvalue weighted by Crippen LogP contribution is 2.28. The van der Waals surface area contributed by atoms with Crippen LogP contribution in [0.15, 0.2) is 45.8 Å². The van der Waals surface area contributed by atoms with Gasteiger partial charge in [-0.2, -0.15) is 0 Å². The van der Waals surface area contributed by atoms with E-state index in [1.165, 1.54) is 11.8 Å². The summed E-state index contributed by atoms with van der Waals surface area (Å²) < 4.78 is 0. The van der Waals surface area contributed by atoms with Crippen LogP contribution >= 0.6 is 23.4 Å².